The van der Waals surface area contributed by atoms with Gasteiger partial charge in [0.25, 0.3) is 5.91 Å². The van der Waals surface area contributed by atoms with Crippen LogP contribution in [0.15, 0.2) is 60.9 Å². The van der Waals surface area contributed by atoms with Gasteiger partial charge in [-0.3, -0.25) is 4.79 Å². The van der Waals surface area contributed by atoms with Crippen LogP contribution in [0, 0.1) is 6.92 Å². The lowest BCUT2D eigenvalue weighted by Gasteiger charge is -2.28. The van der Waals surface area contributed by atoms with Crippen molar-refractivity contribution in [1.29, 1.82) is 0 Å². The number of amides is 3. The molecule has 0 unspecified atom stereocenters. The highest BCUT2D eigenvalue weighted by Gasteiger charge is 2.43. The second-order valence-electron chi connectivity index (χ2n) is 9.27. The zero-order chi connectivity index (χ0) is 27.9. The van der Waals surface area contributed by atoms with Crippen LogP contribution >= 0.6 is 0 Å². The van der Waals surface area contributed by atoms with Gasteiger partial charge in [0, 0.05) is 50.0 Å². The summed E-state index contributed by atoms with van der Waals surface area (Å²) >= 11 is 0. The van der Waals surface area contributed by atoms with E-state index in [0.29, 0.717) is 17.2 Å². The van der Waals surface area contributed by atoms with Gasteiger partial charge in [-0.1, -0.05) is 17.7 Å². The van der Waals surface area contributed by atoms with E-state index in [1.807, 2.05) is 11.5 Å². The van der Waals surface area contributed by atoms with E-state index in [0.717, 1.165) is 15.9 Å². The number of hydrogen-bond donors (Lipinski definition) is 1. The van der Waals surface area contributed by atoms with Crippen molar-refractivity contribution in [1.82, 2.24) is 29.5 Å². The molecule has 0 atom stereocenters. The predicted molar refractivity (Wildman–Crippen MR) is 138 cm³/mol. The van der Waals surface area contributed by atoms with Gasteiger partial charge in [-0.25, -0.2) is 14.5 Å². The van der Waals surface area contributed by atoms with Crippen LogP contribution in [0.5, 0.6) is 0 Å². The number of urea groups is 1. The zero-order valence-corrected chi connectivity index (χ0v) is 21.5. The molecule has 3 amide bonds. The Balaban J connectivity index is 1.46. The summed E-state index contributed by atoms with van der Waals surface area (Å²) in [7, 11) is 3.20. The first-order valence-corrected chi connectivity index (χ1v) is 12.2. The van der Waals surface area contributed by atoms with Crippen LogP contribution in [0.4, 0.5) is 23.7 Å². The smallest absolute Gasteiger partial charge is 0.341 e. The van der Waals surface area contributed by atoms with Crippen molar-refractivity contribution in [3.05, 3.63) is 89.3 Å². The number of nitrogens with one attached hydrogen (secondary N) is 1. The number of rotatable bonds is 5. The fraction of sp³-hybridized carbons (Fsp3) is 0.259. The predicted octanol–water partition coefficient (Wildman–Crippen LogP) is 4.36. The first kappa shape index (κ1) is 26.0. The number of imidazole rings is 1. The van der Waals surface area contributed by atoms with E-state index in [1.54, 1.807) is 75.0 Å². The molecule has 0 saturated carbocycles. The number of fused-ring (bicyclic) bond motifs is 1. The molecule has 2 aromatic heterocycles. The van der Waals surface area contributed by atoms with Gasteiger partial charge in [-0.15, -0.1) is 0 Å². The lowest BCUT2D eigenvalue weighted by atomic mass is 10.0. The minimum atomic E-state index is -4.68. The molecule has 202 valence electrons. The van der Waals surface area contributed by atoms with Crippen molar-refractivity contribution in [2.45, 2.75) is 26.1 Å². The third-order valence-corrected chi connectivity index (χ3v) is 6.66. The average Bonchev–Trinajstić information content (AvgIpc) is 3.54. The van der Waals surface area contributed by atoms with Crippen molar-refractivity contribution >= 4 is 17.6 Å². The maximum Gasteiger partial charge on any atom is 0.435 e. The van der Waals surface area contributed by atoms with Crippen LogP contribution in [-0.4, -0.2) is 56.8 Å². The van der Waals surface area contributed by atoms with Crippen molar-refractivity contribution in [2.75, 3.05) is 25.5 Å². The minimum Gasteiger partial charge on any atom is -0.341 e. The monoisotopic (exact) mass is 537 g/mol. The molecule has 0 saturated heterocycles. The normalized spacial score (nSPS) is 13.4. The van der Waals surface area contributed by atoms with E-state index in [-0.39, 0.29) is 36.8 Å². The van der Waals surface area contributed by atoms with Crippen molar-refractivity contribution in [2.24, 2.45) is 0 Å². The molecule has 4 aromatic rings. The number of alkyl halides is 3. The molecule has 0 fully saturated rings. The molecule has 1 aliphatic rings. The molecule has 0 spiro atoms. The summed E-state index contributed by atoms with van der Waals surface area (Å²) in [6.45, 7) is 2.22. The maximum absolute atomic E-state index is 13.8. The van der Waals surface area contributed by atoms with Crippen LogP contribution < -0.4 is 10.2 Å². The highest BCUT2D eigenvalue weighted by Crippen LogP contribution is 2.37. The average molecular weight is 538 g/mol. The van der Waals surface area contributed by atoms with Crippen LogP contribution in [-0.2, 0) is 19.1 Å². The number of benzene rings is 2. The number of carbonyl (C=O) groups is 2. The summed E-state index contributed by atoms with van der Waals surface area (Å²) in [4.78, 5) is 32.8. The van der Waals surface area contributed by atoms with Gasteiger partial charge in [-0.2, -0.15) is 18.3 Å². The lowest BCUT2D eigenvalue weighted by molar-refractivity contribution is -0.141. The lowest BCUT2D eigenvalue weighted by Crippen LogP contribution is -2.39. The molecule has 0 aliphatic carbocycles. The minimum absolute atomic E-state index is 0.0149. The Kier molecular flexibility index (Phi) is 6.62. The summed E-state index contributed by atoms with van der Waals surface area (Å²) in [6, 6.07) is 13.6. The number of aromatic nitrogens is 4. The molecular formula is C27H26F3N7O2. The van der Waals surface area contributed by atoms with E-state index >= 15 is 0 Å². The van der Waals surface area contributed by atoms with Crippen LogP contribution in [0.25, 0.3) is 11.4 Å². The van der Waals surface area contributed by atoms with Crippen LogP contribution in [0.1, 0.15) is 33.1 Å². The number of nitrogens with zero attached hydrogens (tertiary/aromatic N) is 6. The molecule has 1 aliphatic heterocycles. The van der Waals surface area contributed by atoms with Crippen molar-refractivity contribution < 1.29 is 22.8 Å². The van der Waals surface area contributed by atoms with Gasteiger partial charge in [0.05, 0.1) is 12.2 Å². The Bertz CT molecular complexity index is 1520. The maximum atomic E-state index is 13.8. The Hall–Kier alpha value is -4.61. The number of hydrogen-bond acceptors (Lipinski definition) is 4. The largest absolute Gasteiger partial charge is 0.435 e. The second kappa shape index (κ2) is 9.93. The van der Waals surface area contributed by atoms with Gasteiger partial charge >= 0.3 is 12.2 Å². The molecule has 3 heterocycles. The molecule has 1 N–H and O–H groups in total. The Labute approximate surface area is 222 Å². The summed E-state index contributed by atoms with van der Waals surface area (Å²) in [6.07, 6.45) is -1.28. The first-order chi connectivity index (χ1) is 18.6. The highest BCUT2D eigenvalue weighted by atomic mass is 19.4. The van der Waals surface area contributed by atoms with E-state index < -0.39 is 17.8 Å². The Morgan fingerprint density at radius 2 is 1.69 bits per heavy atom. The number of anilines is 1. The molecule has 12 heteroatoms. The van der Waals surface area contributed by atoms with Gasteiger partial charge in [0.2, 0.25) is 0 Å². The molecule has 0 radical (unpaired) electrons. The highest BCUT2D eigenvalue weighted by molar-refractivity contribution is 6.07. The van der Waals surface area contributed by atoms with Gasteiger partial charge in [0.15, 0.2) is 5.69 Å². The topological polar surface area (TPSA) is 88.3 Å². The number of aryl methyl sites for hydroxylation is 1. The second-order valence-corrected chi connectivity index (χ2v) is 9.27. The van der Waals surface area contributed by atoms with Gasteiger partial charge < -0.3 is 19.7 Å². The number of carbonyl (C=O) groups excluding carboxylic acids is 2. The Morgan fingerprint density at radius 3 is 2.33 bits per heavy atom. The first-order valence-electron chi connectivity index (χ1n) is 12.2. The third-order valence-electron chi connectivity index (χ3n) is 6.66. The SMILES string of the molecule is CNC(=O)N(C)Cc1nccn1-c1ccc(N2CCc3c(C(F)(F)F)nn(-c4ccc(C)cc4)c3C2=O)cc1. The van der Waals surface area contributed by atoms with E-state index in [2.05, 4.69) is 15.4 Å². The third kappa shape index (κ3) is 4.85. The zero-order valence-electron chi connectivity index (χ0n) is 21.5. The fourth-order valence-corrected chi connectivity index (χ4v) is 4.66. The van der Waals surface area contributed by atoms with E-state index in [9.17, 15) is 22.8 Å². The van der Waals surface area contributed by atoms with Gasteiger partial charge in [-0.05, 0) is 49.7 Å². The molecule has 39 heavy (non-hydrogen) atoms. The Morgan fingerprint density at radius 1 is 1.05 bits per heavy atom. The summed E-state index contributed by atoms with van der Waals surface area (Å²) in [5, 5.41) is 6.40. The van der Waals surface area contributed by atoms with Crippen LogP contribution in [0.2, 0.25) is 0 Å². The molecular weight excluding hydrogens is 511 g/mol. The summed E-state index contributed by atoms with van der Waals surface area (Å²) < 4.78 is 44.4. The van der Waals surface area contributed by atoms with E-state index in [1.165, 1.54) is 9.80 Å². The summed E-state index contributed by atoms with van der Waals surface area (Å²) in [5.41, 5.74) is 1.41. The van der Waals surface area contributed by atoms with Crippen molar-refractivity contribution in [3.8, 4) is 11.4 Å². The molecule has 2 aromatic carbocycles. The fourth-order valence-electron chi connectivity index (χ4n) is 4.66. The standard InChI is InChI=1S/C27H26F3N7O2/c1-17-4-6-20(7-5-17)37-23-21(24(33-37)27(28,29)30)12-14-36(25(23)38)19-10-8-18(9-11-19)35-15-13-32-22(35)16-34(3)26(39)31-2/h4-11,13,15H,12,14,16H2,1-3H3,(H,31,39). The van der Waals surface area contributed by atoms with Crippen molar-refractivity contribution in [3.63, 3.8) is 0 Å². The summed E-state index contributed by atoms with van der Waals surface area (Å²) in [5.74, 6) is 0.0809. The molecule has 5 rings (SSSR count). The quantitative estimate of drug-likeness (QED) is 0.410. The molecule has 9 nitrogen and oxygen atoms in total. The van der Waals surface area contributed by atoms with E-state index in [4.69, 9.17) is 0 Å². The molecule has 0 bridgehead atoms. The van der Waals surface area contributed by atoms with Crippen LogP contribution in [0.3, 0.4) is 0 Å². The number of halogens is 3. The van der Waals surface area contributed by atoms with Gasteiger partial charge in [0.1, 0.15) is 11.5 Å².